The summed E-state index contributed by atoms with van der Waals surface area (Å²) in [4.78, 5) is 10.3. The first kappa shape index (κ1) is 8.50. The van der Waals surface area contributed by atoms with Gasteiger partial charge in [-0.25, -0.2) is 0 Å². The van der Waals surface area contributed by atoms with Crippen LogP contribution in [-0.2, 0) is 4.79 Å². The number of hydrogen-bond acceptors (Lipinski definition) is 3. The second-order valence-electron chi connectivity index (χ2n) is 1.71. The summed E-state index contributed by atoms with van der Waals surface area (Å²) in [5, 5.41) is 10.7. The third-order valence-electron chi connectivity index (χ3n) is 0.873. The van der Waals surface area contributed by atoms with E-state index >= 15 is 0 Å². The topological polar surface area (TPSA) is 78.9 Å². The number of hydrogen-bond donors (Lipinski definition) is 2. The van der Waals surface area contributed by atoms with E-state index in [-0.39, 0.29) is 12.5 Å². The first-order valence-electron chi connectivity index (χ1n) is 2.76. The second kappa shape index (κ2) is 4.39. The highest BCUT2D eigenvalue weighted by atomic mass is 16.1. The fourth-order valence-corrected chi connectivity index (χ4v) is 0.355. The summed E-state index contributed by atoms with van der Waals surface area (Å²) in [5.41, 5.74) is 5.39. The minimum Gasteiger partial charge on any atom is -0.404 e. The molecule has 0 saturated heterocycles. The van der Waals surface area contributed by atoms with Crippen LogP contribution < -0.4 is 11.1 Å². The molecule has 0 fully saturated rings. The molecule has 54 valence electrons. The number of nitrogens with zero attached hydrogens (tertiary/aromatic N) is 1. The van der Waals surface area contributed by atoms with Gasteiger partial charge in [0.15, 0.2) is 0 Å². The Morgan fingerprint density at radius 3 is 2.80 bits per heavy atom. The second-order valence-corrected chi connectivity index (χ2v) is 1.71. The van der Waals surface area contributed by atoms with Gasteiger partial charge >= 0.3 is 0 Å². The molecular formula is C6H9N3O. The first-order chi connectivity index (χ1) is 4.70. The summed E-state index contributed by atoms with van der Waals surface area (Å²) in [6.07, 6.45) is 1.18. The normalized spacial score (nSPS) is 10.2. The quantitative estimate of drug-likeness (QED) is 0.505. The molecule has 0 bridgehead atoms. The summed E-state index contributed by atoms with van der Waals surface area (Å²) in [6.45, 7) is 1.59. The monoisotopic (exact) mass is 139 g/mol. The van der Waals surface area contributed by atoms with E-state index < -0.39 is 0 Å². The molecule has 0 unspecified atom stereocenters. The molecule has 4 nitrogen and oxygen atoms in total. The molecule has 0 saturated carbocycles. The van der Waals surface area contributed by atoms with E-state index in [1.54, 1.807) is 0 Å². The SMILES string of the molecule is CC(=O)NC/C(C#N)=C/N. The van der Waals surface area contributed by atoms with Gasteiger partial charge in [0.2, 0.25) is 5.91 Å². The van der Waals surface area contributed by atoms with Crippen molar-refractivity contribution in [3.8, 4) is 6.07 Å². The third-order valence-corrected chi connectivity index (χ3v) is 0.873. The minimum absolute atomic E-state index is 0.172. The lowest BCUT2D eigenvalue weighted by Crippen LogP contribution is -2.22. The van der Waals surface area contributed by atoms with Crippen molar-refractivity contribution in [2.45, 2.75) is 6.92 Å². The Kier molecular flexibility index (Phi) is 3.73. The van der Waals surface area contributed by atoms with Crippen molar-refractivity contribution >= 4 is 5.91 Å². The molecule has 3 N–H and O–H groups in total. The van der Waals surface area contributed by atoms with Crippen LogP contribution in [0.2, 0.25) is 0 Å². The van der Waals surface area contributed by atoms with Gasteiger partial charge in [-0.15, -0.1) is 0 Å². The van der Waals surface area contributed by atoms with Gasteiger partial charge in [-0.05, 0) is 0 Å². The molecule has 0 aliphatic rings. The number of carbonyl (C=O) groups excluding carboxylic acids is 1. The lowest BCUT2D eigenvalue weighted by atomic mass is 10.3. The van der Waals surface area contributed by atoms with Crippen LogP contribution in [0.5, 0.6) is 0 Å². The maximum absolute atomic E-state index is 10.3. The highest BCUT2D eigenvalue weighted by molar-refractivity contribution is 5.73. The predicted octanol–water partition coefficient (Wildman–Crippen LogP) is -0.511. The highest BCUT2D eigenvalue weighted by Crippen LogP contribution is 1.83. The van der Waals surface area contributed by atoms with Crippen molar-refractivity contribution in [3.63, 3.8) is 0 Å². The van der Waals surface area contributed by atoms with Gasteiger partial charge in [-0.3, -0.25) is 4.79 Å². The van der Waals surface area contributed by atoms with Crippen LogP contribution >= 0.6 is 0 Å². The van der Waals surface area contributed by atoms with E-state index in [1.165, 1.54) is 13.1 Å². The van der Waals surface area contributed by atoms with Crippen LogP contribution in [0.15, 0.2) is 11.8 Å². The number of amides is 1. The van der Waals surface area contributed by atoms with Crippen molar-refractivity contribution < 1.29 is 4.79 Å². The largest absolute Gasteiger partial charge is 0.404 e. The fourth-order valence-electron chi connectivity index (χ4n) is 0.355. The summed E-state index contributed by atoms with van der Waals surface area (Å²) < 4.78 is 0. The lowest BCUT2D eigenvalue weighted by Gasteiger charge is -1.96. The number of nitriles is 1. The zero-order valence-electron chi connectivity index (χ0n) is 5.72. The van der Waals surface area contributed by atoms with Gasteiger partial charge in [0.05, 0.1) is 18.2 Å². The van der Waals surface area contributed by atoms with Crippen molar-refractivity contribution in [1.82, 2.24) is 5.32 Å². The van der Waals surface area contributed by atoms with E-state index in [4.69, 9.17) is 11.0 Å². The van der Waals surface area contributed by atoms with Crippen molar-refractivity contribution in [2.24, 2.45) is 5.73 Å². The molecule has 0 radical (unpaired) electrons. The molecule has 4 heteroatoms. The Labute approximate surface area is 59.3 Å². The van der Waals surface area contributed by atoms with Gasteiger partial charge < -0.3 is 11.1 Å². The molecule has 1 amide bonds. The van der Waals surface area contributed by atoms with E-state index in [2.05, 4.69) is 5.32 Å². The molecule has 0 aromatic rings. The third kappa shape index (κ3) is 3.50. The number of rotatable bonds is 2. The molecule has 0 aromatic heterocycles. The zero-order chi connectivity index (χ0) is 7.98. The summed E-state index contributed by atoms with van der Waals surface area (Å²) in [5.74, 6) is -0.172. The van der Waals surface area contributed by atoms with Crippen LogP contribution in [0.3, 0.4) is 0 Å². The molecule has 0 spiro atoms. The highest BCUT2D eigenvalue weighted by Gasteiger charge is 1.93. The molecule has 0 atom stereocenters. The average molecular weight is 139 g/mol. The minimum atomic E-state index is -0.172. The van der Waals surface area contributed by atoms with Gasteiger partial charge in [0.1, 0.15) is 0 Å². The molecular weight excluding hydrogens is 130 g/mol. The maximum atomic E-state index is 10.3. The summed E-state index contributed by atoms with van der Waals surface area (Å²) >= 11 is 0. The van der Waals surface area contributed by atoms with Crippen LogP contribution in [0.25, 0.3) is 0 Å². The molecule has 0 aromatic carbocycles. The Balaban J connectivity index is 3.70. The maximum Gasteiger partial charge on any atom is 0.217 e. The smallest absolute Gasteiger partial charge is 0.217 e. The van der Waals surface area contributed by atoms with Gasteiger partial charge in [-0.2, -0.15) is 5.26 Å². The van der Waals surface area contributed by atoms with Crippen LogP contribution in [0, 0.1) is 11.3 Å². The number of nitrogens with one attached hydrogen (secondary N) is 1. The standard InChI is InChI=1S/C6H9N3O/c1-5(10)9-4-6(2-7)3-8/h2H,4,7H2,1H3,(H,9,10)/b6-2+. The molecule has 0 aliphatic heterocycles. The van der Waals surface area contributed by atoms with E-state index in [1.807, 2.05) is 6.07 Å². The van der Waals surface area contributed by atoms with E-state index in [0.29, 0.717) is 5.57 Å². The van der Waals surface area contributed by atoms with Gasteiger partial charge in [0, 0.05) is 13.1 Å². The van der Waals surface area contributed by atoms with Crippen molar-refractivity contribution in [3.05, 3.63) is 11.8 Å². The molecule has 0 heterocycles. The fraction of sp³-hybridized carbons (Fsp3) is 0.333. The van der Waals surface area contributed by atoms with Gasteiger partial charge in [0.25, 0.3) is 0 Å². The van der Waals surface area contributed by atoms with Gasteiger partial charge in [-0.1, -0.05) is 0 Å². The van der Waals surface area contributed by atoms with Crippen LogP contribution in [0.4, 0.5) is 0 Å². The Morgan fingerprint density at radius 1 is 1.90 bits per heavy atom. The van der Waals surface area contributed by atoms with Crippen LogP contribution in [-0.4, -0.2) is 12.5 Å². The summed E-state index contributed by atoms with van der Waals surface area (Å²) in [7, 11) is 0. The van der Waals surface area contributed by atoms with Crippen LogP contribution in [0.1, 0.15) is 6.92 Å². The van der Waals surface area contributed by atoms with Crippen molar-refractivity contribution in [1.29, 1.82) is 5.26 Å². The Hall–Kier alpha value is -1.50. The number of carbonyl (C=O) groups is 1. The van der Waals surface area contributed by atoms with E-state index in [9.17, 15) is 4.79 Å². The Bertz CT molecular complexity index is 190. The molecule has 0 rings (SSSR count). The average Bonchev–Trinajstić information content (AvgIpc) is 1.90. The molecule has 10 heavy (non-hydrogen) atoms. The summed E-state index contributed by atoms with van der Waals surface area (Å²) in [6, 6.07) is 1.83. The lowest BCUT2D eigenvalue weighted by molar-refractivity contribution is -0.118. The first-order valence-corrected chi connectivity index (χ1v) is 2.76. The Morgan fingerprint density at radius 2 is 2.50 bits per heavy atom. The van der Waals surface area contributed by atoms with E-state index in [0.717, 1.165) is 0 Å². The zero-order valence-corrected chi connectivity index (χ0v) is 5.72. The number of nitrogens with two attached hydrogens (primary N) is 1. The predicted molar refractivity (Wildman–Crippen MR) is 36.6 cm³/mol. The molecule has 0 aliphatic carbocycles. The van der Waals surface area contributed by atoms with Crippen molar-refractivity contribution in [2.75, 3.05) is 6.54 Å².